The molecule has 2 rings (SSSR count). The maximum Gasteiger partial charge on any atom is 0.220 e. The summed E-state index contributed by atoms with van der Waals surface area (Å²) in [5.74, 6) is 0.123. The van der Waals surface area contributed by atoms with Gasteiger partial charge in [-0.05, 0) is 25.0 Å². The smallest absolute Gasteiger partial charge is 0.220 e. The van der Waals surface area contributed by atoms with Gasteiger partial charge in [0, 0.05) is 17.7 Å². The third kappa shape index (κ3) is 1.45. The summed E-state index contributed by atoms with van der Waals surface area (Å²) in [6.45, 7) is 2.02. The molecule has 1 amide bonds. The highest BCUT2D eigenvalue weighted by atomic mass is 16.1. The number of carbonyl (C=O) groups excluding carboxylic acids is 1. The number of carbonyl (C=O) groups is 1. The molecule has 1 unspecified atom stereocenters. The van der Waals surface area contributed by atoms with Crippen molar-refractivity contribution in [3.05, 3.63) is 29.3 Å². The molecule has 1 aromatic rings. The van der Waals surface area contributed by atoms with E-state index < -0.39 is 0 Å². The minimum Gasteiger partial charge on any atom is -0.398 e. The van der Waals surface area contributed by atoms with Gasteiger partial charge < -0.3 is 11.1 Å². The Bertz CT molecular complexity index is 353. The number of amides is 1. The zero-order valence-electron chi connectivity index (χ0n) is 8.21. The number of benzene rings is 1. The van der Waals surface area contributed by atoms with Crippen molar-refractivity contribution in [2.45, 2.75) is 25.8 Å². The molecule has 0 spiro atoms. The third-order valence-electron chi connectivity index (χ3n) is 2.70. The molecule has 14 heavy (non-hydrogen) atoms. The Hall–Kier alpha value is -1.51. The number of nitrogen functional groups attached to an aromatic ring is 1. The highest BCUT2D eigenvalue weighted by molar-refractivity contribution is 5.79. The molecule has 0 aliphatic carbocycles. The Labute approximate surface area is 83.3 Å². The lowest BCUT2D eigenvalue weighted by atomic mass is 9.98. The van der Waals surface area contributed by atoms with Gasteiger partial charge in [-0.25, -0.2) is 0 Å². The first-order chi connectivity index (χ1) is 6.68. The van der Waals surface area contributed by atoms with Gasteiger partial charge in [-0.15, -0.1) is 0 Å². The van der Waals surface area contributed by atoms with E-state index in [1.165, 1.54) is 0 Å². The molecule has 3 nitrogen and oxygen atoms in total. The summed E-state index contributed by atoms with van der Waals surface area (Å²) < 4.78 is 0. The highest BCUT2D eigenvalue weighted by Gasteiger charge is 2.24. The van der Waals surface area contributed by atoms with Crippen LogP contribution in [0.25, 0.3) is 0 Å². The van der Waals surface area contributed by atoms with E-state index in [1.54, 1.807) is 0 Å². The largest absolute Gasteiger partial charge is 0.398 e. The zero-order valence-corrected chi connectivity index (χ0v) is 8.21. The van der Waals surface area contributed by atoms with Crippen LogP contribution in [0.2, 0.25) is 0 Å². The molecule has 1 saturated heterocycles. The quantitative estimate of drug-likeness (QED) is 0.660. The summed E-state index contributed by atoms with van der Waals surface area (Å²) >= 11 is 0. The van der Waals surface area contributed by atoms with Crippen LogP contribution < -0.4 is 11.1 Å². The summed E-state index contributed by atoms with van der Waals surface area (Å²) in [6.07, 6.45) is 1.46. The van der Waals surface area contributed by atoms with Crippen molar-refractivity contribution in [1.29, 1.82) is 0 Å². The first kappa shape index (κ1) is 9.06. The topological polar surface area (TPSA) is 55.1 Å². The van der Waals surface area contributed by atoms with Gasteiger partial charge in [-0.1, -0.05) is 12.1 Å². The van der Waals surface area contributed by atoms with E-state index in [0.717, 1.165) is 23.2 Å². The van der Waals surface area contributed by atoms with Gasteiger partial charge in [0.15, 0.2) is 0 Å². The van der Waals surface area contributed by atoms with Crippen LogP contribution in [-0.2, 0) is 4.79 Å². The summed E-state index contributed by atoms with van der Waals surface area (Å²) in [6, 6.07) is 5.96. The van der Waals surface area contributed by atoms with Crippen LogP contribution >= 0.6 is 0 Å². The summed E-state index contributed by atoms with van der Waals surface area (Å²) in [5.41, 5.74) is 8.90. The number of nitrogens with one attached hydrogen (secondary N) is 1. The third-order valence-corrected chi connectivity index (χ3v) is 2.70. The molecule has 0 saturated carbocycles. The van der Waals surface area contributed by atoms with Crippen molar-refractivity contribution < 1.29 is 4.79 Å². The Balaban J connectivity index is 2.36. The Kier molecular flexibility index (Phi) is 2.15. The number of hydrogen-bond donors (Lipinski definition) is 2. The fraction of sp³-hybridized carbons (Fsp3) is 0.364. The van der Waals surface area contributed by atoms with E-state index in [2.05, 4.69) is 5.32 Å². The molecular formula is C11H14N2O. The van der Waals surface area contributed by atoms with Crippen LogP contribution in [0.15, 0.2) is 18.2 Å². The van der Waals surface area contributed by atoms with Crippen molar-refractivity contribution in [2.75, 3.05) is 5.73 Å². The molecular weight excluding hydrogens is 176 g/mol. The monoisotopic (exact) mass is 190 g/mol. The van der Waals surface area contributed by atoms with Crippen LogP contribution in [0.4, 0.5) is 5.69 Å². The second-order valence-corrected chi connectivity index (χ2v) is 3.74. The summed E-state index contributed by atoms with van der Waals surface area (Å²) in [7, 11) is 0. The summed E-state index contributed by atoms with van der Waals surface area (Å²) in [5, 5.41) is 2.93. The normalized spacial score (nSPS) is 20.9. The maximum absolute atomic E-state index is 11.1. The fourth-order valence-electron chi connectivity index (χ4n) is 2.01. The van der Waals surface area contributed by atoms with Gasteiger partial charge in [0.2, 0.25) is 5.91 Å². The van der Waals surface area contributed by atoms with Crippen LogP contribution in [0.3, 0.4) is 0 Å². The molecule has 3 N–H and O–H groups in total. The van der Waals surface area contributed by atoms with E-state index in [-0.39, 0.29) is 11.9 Å². The van der Waals surface area contributed by atoms with Gasteiger partial charge in [-0.2, -0.15) is 0 Å². The molecule has 1 aromatic carbocycles. The Morgan fingerprint density at radius 2 is 2.29 bits per heavy atom. The average molecular weight is 190 g/mol. The van der Waals surface area contributed by atoms with E-state index >= 15 is 0 Å². The van der Waals surface area contributed by atoms with E-state index in [9.17, 15) is 4.79 Å². The molecule has 3 heteroatoms. The first-order valence-corrected chi connectivity index (χ1v) is 4.83. The minimum absolute atomic E-state index is 0.115. The molecule has 0 aromatic heterocycles. The fourth-order valence-corrected chi connectivity index (χ4v) is 2.01. The molecule has 1 fully saturated rings. The van der Waals surface area contributed by atoms with Crippen LogP contribution in [0, 0.1) is 6.92 Å². The first-order valence-electron chi connectivity index (χ1n) is 4.83. The molecule has 0 radical (unpaired) electrons. The van der Waals surface area contributed by atoms with Gasteiger partial charge >= 0.3 is 0 Å². The predicted molar refractivity (Wildman–Crippen MR) is 55.7 cm³/mol. The van der Waals surface area contributed by atoms with Crippen LogP contribution in [0.1, 0.15) is 30.0 Å². The van der Waals surface area contributed by atoms with Crippen LogP contribution in [0.5, 0.6) is 0 Å². The highest BCUT2D eigenvalue weighted by Crippen LogP contribution is 2.30. The van der Waals surface area contributed by atoms with Gasteiger partial charge in [0.1, 0.15) is 0 Å². The number of rotatable bonds is 1. The number of anilines is 1. The van der Waals surface area contributed by atoms with Gasteiger partial charge in [0.25, 0.3) is 0 Å². The molecule has 1 aliphatic heterocycles. The van der Waals surface area contributed by atoms with Gasteiger partial charge in [0.05, 0.1) is 6.04 Å². The predicted octanol–water partition coefficient (Wildman–Crippen LogP) is 1.53. The average Bonchev–Trinajstić information content (AvgIpc) is 2.51. The van der Waals surface area contributed by atoms with Crippen molar-refractivity contribution in [3.8, 4) is 0 Å². The SMILES string of the molecule is Cc1cccc(N)c1C1CCC(=O)N1. The molecule has 74 valence electrons. The van der Waals surface area contributed by atoms with E-state index in [4.69, 9.17) is 5.73 Å². The minimum atomic E-state index is 0.115. The van der Waals surface area contributed by atoms with Crippen molar-refractivity contribution in [1.82, 2.24) is 5.32 Å². The second-order valence-electron chi connectivity index (χ2n) is 3.74. The standard InChI is InChI=1S/C11H14N2O/c1-7-3-2-4-8(12)11(7)9-5-6-10(14)13-9/h2-4,9H,5-6,12H2,1H3,(H,13,14). The van der Waals surface area contributed by atoms with Crippen molar-refractivity contribution in [3.63, 3.8) is 0 Å². The Morgan fingerprint density at radius 1 is 1.50 bits per heavy atom. The Morgan fingerprint density at radius 3 is 2.86 bits per heavy atom. The number of nitrogens with two attached hydrogens (primary N) is 1. The molecule has 0 bridgehead atoms. The molecule has 1 atom stereocenters. The van der Waals surface area contributed by atoms with Gasteiger partial charge in [-0.3, -0.25) is 4.79 Å². The van der Waals surface area contributed by atoms with E-state index in [0.29, 0.717) is 6.42 Å². The number of aryl methyl sites for hydroxylation is 1. The zero-order chi connectivity index (χ0) is 10.1. The number of hydrogen-bond acceptors (Lipinski definition) is 2. The lowest BCUT2D eigenvalue weighted by Gasteiger charge is -2.15. The molecule has 1 heterocycles. The lowest BCUT2D eigenvalue weighted by Crippen LogP contribution is -2.20. The van der Waals surface area contributed by atoms with Crippen LogP contribution in [-0.4, -0.2) is 5.91 Å². The van der Waals surface area contributed by atoms with Crippen molar-refractivity contribution in [2.24, 2.45) is 0 Å². The second kappa shape index (κ2) is 3.33. The summed E-state index contributed by atoms with van der Waals surface area (Å²) in [4.78, 5) is 11.1. The van der Waals surface area contributed by atoms with Crippen molar-refractivity contribution >= 4 is 11.6 Å². The lowest BCUT2D eigenvalue weighted by molar-refractivity contribution is -0.119. The molecule has 1 aliphatic rings. The van der Waals surface area contributed by atoms with E-state index in [1.807, 2.05) is 25.1 Å². The maximum atomic E-state index is 11.1.